The van der Waals surface area contributed by atoms with Gasteiger partial charge in [-0.3, -0.25) is 0 Å². The van der Waals surface area contributed by atoms with Crippen LogP contribution < -0.4 is 0 Å². The van der Waals surface area contributed by atoms with E-state index >= 15 is 0 Å². The molecule has 192 valence electrons. The molecule has 0 bridgehead atoms. The smallest absolute Gasteiger partial charge is 0.339 e. The molecule has 0 amide bonds. The first-order chi connectivity index (χ1) is 17.0. The Balaban J connectivity index is 2.19. The molecular weight excluding hydrogens is 472 g/mol. The highest BCUT2D eigenvalue weighted by Crippen LogP contribution is 2.22. The van der Waals surface area contributed by atoms with Gasteiger partial charge in [0.15, 0.2) is 6.10 Å². The Hall–Kier alpha value is -4.02. The summed E-state index contributed by atoms with van der Waals surface area (Å²) in [5, 5.41) is 20.8. The fourth-order valence-corrected chi connectivity index (χ4v) is 2.80. The fourth-order valence-electron chi connectivity index (χ4n) is 2.80. The van der Waals surface area contributed by atoms with Gasteiger partial charge in [-0.25, -0.2) is 19.2 Å². The number of aliphatic hydroxyl groups is 2. The number of aliphatic hydroxyl groups excluding tert-OH is 2. The van der Waals surface area contributed by atoms with Crippen LogP contribution >= 0.6 is 0 Å². The first-order valence-electron chi connectivity index (χ1n) is 10.9. The molecule has 2 rings (SSSR count). The van der Waals surface area contributed by atoms with Crippen LogP contribution in [-0.2, 0) is 28.5 Å². The molecule has 0 fully saturated rings. The van der Waals surface area contributed by atoms with Crippen LogP contribution in [0.5, 0.6) is 0 Å². The van der Waals surface area contributed by atoms with Gasteiger partial charge in [0.1, 0.15) is 25.9 Å². The Labute approximate surface area is 207 Å². The summed E-state index contributed by atoms with van der Waals surface area (Å²) in [7, 11) is 0. The van der Waals surface area contributed by atoms with E-state index in [0.717, 1.165) is 0 Å². The molecular formula is C26H28O10. The molecule has 10 heteroatoms. The Bertz CT molecular complexity index is 1170. The monoisotopic (exact) mass is 500 g/mol. The maximum Gasteiger partial charge on any atom is 0.339 e. The highest BCUT2D eigenvalue weighted by atomic mass is 16.6. The zero-order chi connectivity index (χ0) is 26.8. The van der Waals surface area contributed by atoms with Crippen molar-refractivity contribution in [1.29, 1.82) is 0 Å². The lowest BCUT2D eigenvalue weighted by Crippen LogP contribution is -2.30. The Kier molecular flexibility index (Phi) is 10.3. The number of hydrogen-bond donors (Lipinski definition) is 2. The van der Waals surface area contributed by atoms with E-state index in [9.17, 15) is 29.4 Å². The van der Waals surface area contributed by atoms with Crippen molar-refractivity contribution in [3.8, 4) is 0 Å². The van der Waals surface area contributed by atoms with E-state index in [0.29, 0.717) is 10.8 Å². The highest BCUT2D eigenvalue weighted by Gasteiger charge is 2.25. The molecule has 0 aliphatic carbocycles. The average Bonchev–Trinajstić information content (AvgIpc) is 2.86. The van der Waals surface area contributed by atoms with Crippen molar-refractivity contribution in [1.82, 2.24) is 0 Å². The van der Waals surface area contributed by atoms with E-state index in [2.05, 4.69) is 13.2 Å². The minimum absolute atomic E-state index is 0.133. The Morgan fingerprint density at radius 3 is 1.78 bits per heavy atom. The largest absolute Gasteiger partial charge is 0.459 e. The van der Waals surface area contributed by atoms with Crippen LogP contribution in [-0.4, -0.2) is 72.7 Å². The van der Waals surface area contributed by atoms with Gasteiger partial charge in [0.2, 0.25) is 0 Å². The summed E-state index contributed by atoms with van der Waals surface area (Å²) in [4.78, 5) is 48.8. The Morgan fingerprint density at radius 1 is 0.806 bits per heavy atom. The summed E-state index contributed by atoms with van der Waals surface area (Å²) < 4.78 is 20.1. The predicted molar refractivity (Wildman–Crippen MR) is 128 cm³/mol. The molecule has 0 saturated heterocycles. The fraction of sp³-hybridized carbons (Fsp3) is 0.308. The zero-order valence-corrected chi connectivity index (χ0v) is 20.0. The van der Waals surface area contributed by atoms with E-state index in [4.69, 9.17) is 18.9 Å². The number of carbonyl (C=O) groups excluding carboxylic acids is 4. The van der Waals surface area contributed by atoms with Crippen molar-refractivity contribution in [2.75, 3.05) is 26.4 Å². The molecule has 0 saturated carbocycles. The van der Waals surface area contributed by atoms with Gasteiger partial charge in [-0.2, -0.15) is 0 Å². The second kappa shape index (κ2) is 13.2. The van der Waals surface area contributed by atoms with E-state index in [1.807, 2.05) is 0 Å². The summed E-state index contributed by atoms with van der Waals surface area (Å²) in [5.41, 5.74) is -0.0322. The number of esters is 4. The van der Waals surface area contributed by atoms with Gasteiger partial charge in [0, 0.05) is 11.1 Å². The second-order valence-corrected chi connectivity index (χ2v) is 7.96. The minimum Gasteiger partial charge on any atom is -0.459 e. The molecule has 0 aliphatic rings. The van der Waals surface area contributed by atoms with Crippen LogP contribution in [0.1, 0.15) is 34.6 Å². The average molecular weight is 501 g/mol. The van der Waals surface area contributed by atoms with E-state index < -0.39 is 62.5 Å². The summed E-state index contributed by atoms with van der Waals surface area (Å²) in [6.45, 7) is 7.75. The topological polar surface area (TPSA) is 146 Å². The minimum atomic E-state index is -1.31. The number of ether oxygens (including phenoxy) is 4. The van der Waals surface area contributed by atoms with Crippen molar-refractivity contribution in [2.24, 2.45) is 0 Å². The van der Waals surface area contributed by atoms with Crippen LogP contribution in [0.25, 0.3) is 10.8 Å². The molecule has 2 atom stereocenters. The molecule has 2 unspecified atom stereocenters. The third-order valence-corrected chi connectivity index (χ3v) is 4.71. The molecule has 2 aromatic rings. The van der Waals surface area contributed by atoms with Gasteiger partial charge in [-0.15, -0.1) is 0 Å². The predicted octanol–water partition coefficient (Wildman–Crippen LogP) is 2.11. The van der Waals surface area contributed by atoms with Crippen molar-refractivity contribution in [3.05, 3.63) is 71.8 Å². The van der Waals surface area contributed by atoms with Crippen molar-refractivity contribution >= 4 is 34.6 Å². The number of hydrogen-bond acceptors (Lipinski definition) is 10. The van der Waals surface area contributed by atoms with E-state index in [1.54, 1.807) is 24.3 Å². The maximum absolute atomic E-state index is 12.9. The molecule has 0 aromatic heterocycles. The van der Waals surface area contributed by atoms with Gasteiger partial charge in [0.25, 0.3) is 0 Å². The first kappa shape index (κ1) is 28.2. The van der Waals surface area contributed by atoms with E-state index in [-0.39, 0.29) is 22.3 Å². The lowest BCUT2D eigenvalue weighted by molar-refractivity contribution is -0.143. The van der Waals surface area contributed by atoms with Crippen molar-refractivity contribution in [2.45, 2.75) is 26.1 Å². The van der Waals surface area contributed by atoms with Crippen LogP contribution in [0.3, 0.4) is 0 Å². The van der Waals surface area contributed by atoms with E-state index in [1.165, 1.54) is 26.0 Å². The van der Waals surface area contributed by atoms with Gasteiger partial charge < -0.3 is 29.2 Å². The quantitative estimate of drug-likeness (QED) is 0.252. The molecule has 0 aliphatic heterocycles. The van der Waals surface area contributed by atoms with Crippen LogP contribution in [0.15, 0.2) is 60.7 Å². The summed E-state index contributed by atoms with van der Waals surface area (Å²) >= 11 is 0. The number of rotatable bonds is 12. The lowest BCUT2D eigenvalue weighted by atomic mass is 10.0. The van der Waals surface area contributed by atoms with Gasteiger partial charge >= 0.3 is 23.9 Å². The standard InChI is InChI=1S/C26H28O10/c1-15(2)23(29)33-12-19(28)13-34-25(31)21-9-17-7-5-6-8-18(17)10-22(21)26(32)36-20(11-27)14-35-24(30)16(3)4/h5-10,19-20,27-28H,1,3,11-14H2,2,4H3. The molecule has 36 heavy (non-hydrogen) atoms. The first-order valence-corrected chi connectivity index (χ1v) is 10.9. The van der Waals surface area contributed by atoms with Gasteiger partial charge in [-0.1, -0.05) is 37.4 Å². The molecule has 0 spiro atoms. The number of benzene rings is 2. The summed E-state index contributed by atoms with van der Waals surface area (Å²) in [6, 6.07) is 9.78. The highest BCUT2D eigenvalue weighted by molar-refractivity contribution is 6.07. The molecule has 2 aromatic carbocycles. The lowest BCUT2D eigenvalue weighted by Gasteiger charge is -2.18. The van der Waals surface area contributed by atoms with Gasteiger partial charge in [0.05, 0.1) is 17.7 Å². The number of carbonyl (C=O) groups is 4. The summed E-state index contributed by atoms with van der Waals surface area (Å²) in [6.07, 6.45) is -2.50. The third-order valence-electron chi connectivity index (χ3n) is 4.71. The molecule has 0 heterocycles. The zero-order valence-electron chi connectivity index (χ0n) is 20.0. The van der Waals surface area contributed by atoms with Crippen molar-refractivity contribution in [3.63, 3.8) is 0 Å². The summed E-state index contributed by atoms with van der Waals surface area (Å²) in [5.74, 6) is -3.32. The molecule has 2 N–H and O–H groups in total. The second-order valence-electron chi connectivity index (χ2n) is 7.96. The third kappa shape index (κ3) is 8.03. The molecule has 0 radical (unpaired) electrons. The van der Waals surface area contributed by atoms with Crippen LogP contribution in [0.4, 0.5) is 0 Å². The Morgan fingerprint density at radius 2 is 1.28 bits per heavy atom. The van der Waals surface area contributed by atoms with Crippen LogP contribution in [0, 0.1) is 0 Å². The maximum atomic E-state index is 12.9. The van der Waals surface area contributed by atoms with Crippen molar-refractivity contribution < 1.29 is 48.3 Å². The van der Waals surface area contributed by atoms with Crippen LogP contribution in [0.2, 0.25) is 0 Å². The normalized spacial score (nSPS) is 12.2. The number of fused-ring (bicyclic) bond motifs is 1. The SMILES string of the molecule is C=C(C)C(=O)OCC(O)COC(=O)c1cc2ccccc2cc1C(=O)OC(CO)COC(=O)C(=C)C. The van der Waals surface area contributed by atoms with Gasteiger partial charge in [-0.05, 0) is 36.8 Å². The molecule has 10 nitrogen and oxygen atoms in total.